The molecule has 0 spiro atoms. The first-order valence-electron chi connectivity index (χ1n) is 5.26. The van der Waals surface area contributed by atoms with Crippen molar-refractivity contribution >= 4 is 5.97 Å². The molecule has 1 aliphatic heterocycles. The van der Waals surface area contributed by atoms with Crippen molar-refractivity contribution in [1.29, 1.82) is 0 Å². The minimum absolute atomic E-state index is 0.0144. The SMILES string of the molecule is NCC1(CC(=O)O)COCc2ccccc21. The first-order chi connectivity index (χ1) is 7.68. The maximum atomic E-state index is 10.9. The molecule has 0 aromatic heterocycles. The normalized spacial score (nSPS) is 23.8. The van der Waals surface area contributed by atoms with Gasteiger partial charge in [0, 0.05) is 12.0 Å². The molecule has 0 fully saturated rings. The summed E-state index contributed by atoms with van der Waals surface area (Å²) in [5.41, 5.74) is 7.25. The van der Waals surface area contributed by atoms with Crippen molar-refractivity contribution in [2.24, 2.45) is 5.73 Å². The van der Waals surface area contributed by atoms with E-state index in [9.17, 15) is 4.79 Å². The predicted octanol–water partition coefficient (Wildman–Crippen LogP) is 0.888. The highest BCUT2D eigenvalue weighted by Crippen LogP contribution is 2.34. The average Bonchev–Trinajstić information content (AvgIpc) is 2.29. The van der Waals surface area contributed by atoms with Crippen molar-refractivity contribution < 1.29 is 14.6 Å². The van der Waals surface area contributed by atoms with Gasteiger partial charge in [0.15, 0.2) is 0 Å². The largest absolute Gasteiger partial charge is 0.481 e. The molecule has 0 aliphatic carbocycles. The number of aliphatic carboxylic acids is 1. The van der Waals surface area contributed by atoms with Crippen LogP contribution in [0.5, 0.6) is 0 Å². The summed E-state index contributed by atoms with van der Waals surface area (Å²) in [4.78, 5) is 10.9. The highest BCUT2D eigenvalue weighted by atomic mass is 16.5. The number of ether oxygens (including phenoxy) is 1. The van der Waals surface area contributed by atoms with Crippen molar-refractivity contribution in [3.63, 3.8) is 0 Å². The van der Waals surface area contributed by atoms with Gasteiger partial charge in [-0.05, 0) is 11.1 Å². The fourth-order valence-electron chi connectivity index (χ4n) is 2.27. The summed E-state index contributed by atoms with van der Waals surface area (Å²) in [5.74, 6) is -0.842. The molecule has 1 heterocycles. The Kier molecular flexibility index (Phi) is 2.94. The van der Waals surface area contributed by atoms with Crippen LogP contribution in [0.3, 0.4) is 0 Å². The number of benzene rings is 1. The van der Waals surface area contributed by atoms with Crippen molar-refractivity contribution in [3.8, 4) is 0 Å². The molecule has 0 saturated heterocycles. The first-order valence-corrected chi connectivity index (χ1v) is 5.26. The Morgan fingerprint density at radius 3 is 2.94 bits per heavy atom. The second kappa shape index (κ2) is 4.23. The standard InChI is InChI=1S/C12H15NO3/c13-7-12(5-11(14)15)8-16-6-9-3-1-2-4-10(9)12/h1-4H,5-8,13H2,(H,14,15). The molecule has 1 aromatic rings. The molecule has 86 valence electrons. The predicted molar refractivity (Wildman–Crippen MR) is 59.1 cm³/mol. The number of carboxylic acid groups (broad SMARTS) is 1. The highest BCUT2D eigenvalue weighted by molar-refractivity contribution is 5.69. The molecule has 3 N–H and O–H groups in total. The van der Waals surface area contributed by atoms with E-state index in [1.807, 2.05) is 24.3 Å². The summed E-state index contributed by atoms with van der Waals surface area (Å²) in [7, 11) is 0. The summed E-state index contributed by atoms with van der Waals surface area (Å²) in [6, 6.07) is 7.75. The van der Waals surface area contributed by atoms with Crippen LogP contribution >= 0.6 is 0 Å². The quantitative estimate of drug-likeness (QED) is 0.795. The number of hydrogen-bond acceptors (Lipinski definition) is 3. The third-order valence-electron chi connectivity index (χ3n) is 3.10. The van der Waals surface area contributed by atoms with Gasteiger partial charge >= 0.3 is 5.97 Å². The molecule has 1 unspecified atom stereocenters. The van der Waals surface area contributed by atoms with Crippen molar-refractivity contribution in [2.75, 3.05) is 13.2 Å². The Balaban J connectivity index is 2.44. The number of rotatable bonds is 3. The van der Waals surface area contributed by atoms with Gasteiger partial charge in [0.2, 0.25) is 0 Å². The molecule has 0 radical (unpaired) electrons. The van der Waals surface area contributed by atoms with Crippen LogP contribution in [0.4, 0.5) is 0 Å². The van der Waals surface area contributed by atoms with Gasteiger partial charge in [-0.2, -0.15) is 0 Å². The van der Waals surface area contributed by atoms with Gasteiger partial charge in [-0.3, -0.25) is 4.79 Å². The topological polar surface area (TPSA) is 72.6 Å². The molecule has 16 heavy (non-hydrogen) atoms. The van der Waals surface area contributed by atoms with E-state index in [0.717, 1.165) is 11.1 Å². The molecular weight excluding hydrogens is 206 g/mol. The Morgan fingerprint density at radius 2 is 2.25 bits per heavy atom. The molecule has 4 nitrogen and oxygen atoms in total. The molecular formula is C12H15NO3. The van der Waals surface area contributed by atoms with E-state index < -0.39 is 11.4 Å². The summed E-state index contributed by atoms with van der Waals surface area (Å²) in [6.45, 7) is 1.21. The van der Waals surface area contributed by atoms with Gasteiger partial charge in [0.25, 0.3) is 0 Å². The van der Waals surface area contributed by atoms with Crippen LogP contribution in [0.2, 0.25) is 0 Å². The minimum atomic E-state index is -0.842. The lowest BCUT2D eigenvalue weighted by Gasteiger charge is -2.36. The summed E-state index contributed by atoms with van der Waals surface area (Å²) in [6.07, 6.45) is 0.0144. The van der Waals surface area contributed by atoms with Crippen LogP contribution in [-0.4, -0.2) is 24.2 Å². The third-order valence-corrected chi connectivity index (χ3v) is 3.10. The number of nitrogens with two attached hydrogens (primary N) is 1. The maximum absolute atomic E-state index is 10.9. The second-order valence-corrected chi connectivity index (χ2v) is 4.20. The van der Waals surface area contributed by atoms with E-state index >= 15 is 0 Å². The zero-order valence-corrected chi connectivity index (χ0v) is 8.98. The summed E-state index contributed by atoms with van der Waals surface area (Å²) < 4.78 is 5.46. The lowest BCUT2D eigenvalue weighted by molar-refractivity contribution is -0.139. The van der Waals surface area contributed by atoms with Crippen molar-refractivity contribution in [3.05, 3.63) is 35.4 Å². The molecule has 0 saturated carbocycles. The monoisotopic (exact) mass is 221 g/mol. The van der Waals surface area contributed by atoms with Crippen LogP contribution in [0, 0.1) is 0 Å². The fourth-order valence-corrected chi connectivity index (χ4v) is 2.27. The van der Waals surface area contributed by atoms with Crippen LogP contribution in [0.15, 0.2) is 24.3 Å². The number of hydrogen-bond donors (Lipinski definition) is 2. The maximum Gasteiger partial charge on any atom is 0.304 e. The molecule has 1 atom stereocenters. The Morgan fingerprint density at radius 1 is 1.50 bits per heavy atom. The van der Waals surface area contributed by atoms with Gasteiger partial charge in [-0.25, -0.2) is 0 Å². The minimum Gasteiger partial charge on any atom is -0.481 e. The Hall–Kier alpha value is -1.39. The van der Waals surface area contributed by atoms with E-state index in [1.165, 1.54) is 0 Å². The zero-order valence-electron chi connectivity index (χ0n) is 8.98. The summed E-state index contributed by atoms with van der Waals surface area (Å²) >= 11 is 0. The van der Waals surface area contributed by atoms with Gasteiger partial charge < -0.3 is 15.6 Å². The van der Waals surface area contributed by atoms with Crippen molar-refractivity contribution in [2.45, 2.75) is 18.4 Å². The van der Waals surface area contributed by atoms with E-state index in [0.29, 0.717) is 13.2 Å². The van der Waals surface area contributed by atoms with Gasteiger partial charge in [0.05, 0.1) is 19.6 Å². The van der Waals surface area contributed by atoms with Gasteiger partial charge in [0.1, 0.15) is 0 Å². The lowest BCUT2D eigenvalue weighted by Crippen LogP contribution is -2.44. The Bertz CT molecular complexity index is 405. The highest BCUT2D eigenvalue weighted by Gasteiger charge is 2.38. The van der Waals surface area contributed by atoms with E-state index in [-0.39, 0.29) is 13.0 Å². The van der Waals surface area contributed by atoms with E-state index in [1.54, 1.807) is 0 Å². The smallest absolute Gasteiger partial charge is 0.304 e. The number of carboxylic acids is 1. The van der Waals surface area contributed by atoms with Gasteiger partial charge in [-0.15, -0.1) is 0 Å². The van der Waals surface area contributed by atoms with Crippen LogP contribution in [0.1, 0.15) is 17.5 Å². The van der Waals surface area contributed by atoms with Crippen LogP contribution in [-0.2, 0) is 21.6 Å². The lowest BCUT2D eigenvalue weighted by atomic mass is 9.75. The van der Waals surface area contributed by atoms with Crippen molar-refractivity contribution in [1.82, 2.24) is 0 Å². The second-order valence-electron chi connectivity index (χ2n) is 4.20. The summed E-state index contributed by atoms with van der Waals surface area (Å²) in [5, 5.41) is 8.98. The molecule has 0 bridgehead atoms. The Labute approximate surface area is 94.0 Å². The van der Waals surface area contributed by atoms with Gasteiger partial charge in [-0.1, -0.05) is 24.3 Å². The number of fused-ring (bicyclic) bond motifs is 1. The molecule has 1 aliphatic rings. The fraction of sp³-hybridized carbons (Fsp3) is 0.417. The van der Waals surface area contributed by atoms with E-state index in [2.05, 4.69) is 0 Å². The number of carbonyl (C=O) groups is 1. The first kappa shape index (κ1) is 11.1. The average molecular weight is 221 g/mol. The molecule has 0 amide bonds. The molecule has 1 aromatic carbocycles. The zero-order chi connectivity index (χ0) is 11.6. The molecule has 2 rings (SSSR count). The van der Waals surface area contributed by atoms with Crippen LogP contribution in [0.25, 0.3) is 0 Å². The third kappa shape index (κ3) is 1.81. The van der Waals surface area contributed by atoms with Crippen LogP contribution < -0.4 is 5.73 Å². The van der Waals surface area contributed by atoms with E-state index in [4.69, 9.17) is 15.6 Å². The molecule has 4 heteroatoms.